The van der Waals surface area contributed by atoms with Crippen LogP contribution in [0.4, 0.5) is 0 Å². The highest BCUT2D eigenvalue weighted by molar-refractivity contribution is 6.07. The third-order valence-electron chi connectivity index (χ3n) is 12.6. The second-order valence-electron chi connectivity index (χ2n) is 15.1. The van der Waals surface area contributed by atoms with Gasteiger partial charge in [-0.15, -0.1) is 0 Å². The molecule has 1 unspecified atom stereocenters. The van der Waals surface area contributed by atoms with Gasteiger partial charge in [-0.1, -0.05) is 194 Å². The fraction of sp³-hybridized carbons (Fsp3) is 0.0370. The number of hydrogen-bond donors (Lipinski definition) is 0. The lowest BCUT2D eigenvalue weighted by Crippen LogP contribution is -2.34. The number of para-hydroxylation sites is 2. The van der Waals surface area contributed by atoms with Crippen LogP contribution in [0.2, 0.25) is 0 Å². The van der Waals surface area contributed by atoms with E-state index in [-0.39, 0.29) is 0 Å². The second-order valence-corrected chi connectivity index (χ2v) is 15.1. The van der Waals surface area contributed by atoms with Gasteiger partial charge in [-0.3, -0.25) is 0 Å². The zero-order valence-corrected chi connectivity index (χ0v) is 30.0. The molecule has 0 aromatic heterocycles. The summed E-state index contributed by atoms with van der Waals surface area (Å²) in [6.45, 7) is 0. The summed E-state index contributed by atoms with van der Waals surface area (Å²) in [4.78, 5) is 0. The fourth-order valence-corrected chi connectivity index (χ4v) is 10.6. The van der Waals surface area contributed by atoms with Crippen LogP contribution >= 0.6 is 0 Å². The van der Waals surface area contributed by atoms with Crippen molar-refractivity contribution in [3.05, 3.63) is 251 Å². The van der Waals surface area contributed by atoms with Gasteiger partial charge in [-0.05, 0) is 84.1 Å². The minimum atomic E-state index is -0.575. The van der Waals surface area contributed by atoms with Crippen LogP contribution in [0.15, 0.2) is 206 Å². The summed E-state index contributed by atoms with van der Waals surface area (Å²) in [5.41, 5.74) is 16.4. The third kappa shape index (κ3) is 3.87. The molecule has 55 heavy (non-hydrogen) atoms. The van der Waals surface area contributed by atoms with E-state index in [4.69, 9.17) is 4.74 Å². The van der Waals surface area contributed by atoms with E-state index in [1.165, 1.54) is 66.4 Å². The summed E-state index contributed by atoms with van der Waals surface area (Å²) in [5, 5.41) is 2.62. The number of ether oxygens (including phenoxy) is 1. The van der Waals surface area contributed by atoms with Crippen molar-refractivity contribution in [2.24, 2.45) is 0 Å². The van der Waals surface area contributed by atoms with Gasteiger partial charge in [-0.25, -0.2) is 0 Å². The van der Waals surface area contributed by atoms with Crippen LogP contribution in [0.25, 0.3) is 44.2 Å². The van der Waals surface area contributed by atoms with E-state index in [0.29, 0.717) is 0 Å². The number of hydrogen-bond acceptors (Lipinski definition) is 1. The van der Waals surface area contributed by atoms with Crippen molar-refractivity contribution < 1.29 is 4.74 Å². The Labute approximate surface area is 320 Å². The van der Waals surface area contributed by atoms with Crippen LogP contribution in [-0.4, -0.2) is 0 Å². The largest absolute Gasteiger partial charge is 0.456 e. The Bertz CT molecular complexity index is 2970. The Morgan fingerprint density at radius 2 is 0.818 bits per heavy atom. The van der Waals surface area contributed by atoms with Gasteiger partial charge in [0.1, 0.15) is 11.5 Å². The van der Waals surface area contributed by atoms with Gasteiger partial charge in [0.25, 0.3) is 0 Å². The van der Waals surface area contributed by atoms with Gasteiger partial charge in [-0.2, -0.15) is 0 Å². The van der Waals surface area contributed by atoms with Crippen molar-refractivity contribution in [3.63, 3.8) is 0 Å². The highest BCUT2D eigenvalue weighted by Gasteiger charge is 2.50. The molecule has 9 aromatic rings. The molecule has 12 rings (SSSR count). The summed E-state index contributed by atoms with van der Waals surface area (Å²) in [7, 11) is 0. The first-order valence-corrected chi connectivity index (χ1v) is 19.2. The molecule has 1 heteroatoms. The van der Waals surface area contributed by atoms with E-state index in [1.54, 1.807) is 0 Å². The molecule has 1 atom stereocenters. The SMILES string of the molecule is c1ccc(C2(c3ccccc3)c3ccccc3Oc3c(-c4ccc5c(c4)-c4ccccc4C54c5ccccc5-c5cccc6cccc4c56)cccc32)cc1. The highest BCUT2D eigenvalue weighted by Crippen LogP contribution is 2.63. The zero-order chi connectivity index (χ0) is 36.1. The Kier molecular flexibility index (Phi) is 6.25. The summed E-state index contributed by atoms with van der Waals surface area (Å²) >= 11 is 0. The molecule has 256 valence electrons. The third-order valence-corrected chi connectivity index (χ3v) is 12.6. The smallest absolute Gasteiger partial charge is 0.140 e. The molecule has 1 spiro atoms. The maximum atomic E-state index is 7.08. The molecule has 0 amide bonds. The van der Waals surface area contributed by atoms with Gasteiger partial charge in [0.05, 0.1) is 10.8 Å². The minimum Gasteiger partial charge on any atom is -0.456 e. The minimum absolute atomic E-state index is 0.448. The van der Waals surface area contributed by atoms with Crippen LogP contribution in [-0.2, 0) is 10.8 Å². The van der Waals surface area contributed by atoms with E-state index in [0.717, 1.165) is 33.8 Å². The number of benzene rings is 9. The van der Waals surface area contributed by atoms with E-state index in [2.05, 4.69) is 206 Å². The van der Waals surface area contributed by atoms with Crippen LogP contribution in [0, 0.1) is 0 Å². The van der Waals surface area contributed by atoms with E-state index in [1.807, 2.05) is 0 Å². The zero-order valence-electron chi connectivity index (χ0n) is 30.0. The van der Waals surface area contributed by atoms with Crippen LogP contribution in [0.3, 0.4) is 0 Å². The predicted molar refractivity (Wildman–Crippen MR) is 224 cm³/mol. The Balaban J connectivity index is 1.14. The molecule has 2 aliphatic carbocycles. The molecule has 0 N–H and O–H groups in total. The second kappa shape index (κ2) is 11.3. The van der Waals surface area contributed by atoms with Crippen molar-refractivity contribution in [1.29, 1.82) is 0 Å². The van der Waals surface area contributed by atoms with E-state index < -0.39 is 10.8 Å². The maximum Gasteiger partial charge on any atom is 0.140 e. The normalized spacial score (nSPS) is 16.4. The Morgan fingerprint density at radius 3 is 1.55 bits per heavy atom. The van der Waals surface area contributed by atoms with Gasteiger partial charge in [0.15, 0.2) is 0 Å². The average Bonchev–Trinajstić information content (AvgIpc) is 3.55. The van der Waals surface area contributed by atoms with E-state index >= 15 is 0 Å². The molecule has 0 saturated carbocycles. The molecule has 0 fully saturated rings. The molecule has 3 aliphatic rings. The first-order chi connectivity index (χ1) is 27.3. The number of rotatable bonds is 3. The van der Waals surface area contributed by atoms with Crippen LogP contribution in [0.1, 0.15) is 44.5 Å². The first-order valence-electron chi connectivity index (χ1n) is 19.2. The molecule has 1 heterocycles. The van der Waals surface area contributed by atoms with Crippen LogP contribution < -0.4 is 4.74 Å². The predicted octanol–water partition coefficient (Wildman–Crippen LogP) is 13.3. The van der Waals surface area contributed by atoms with Crippen LogP contribution in [0.5, 0.6) is 11.5 Å². The number of fused-ring (bicyclic) bond motifs is 11. The van der Waals surface area contributed by atoms with Crippen molar-refractivity contribution >= 4 is 10.8 Å². The Morgan fingerprint density at radius 1 is 0.309 bits per heavy atom. The van der Waals surface area contributed by atoms with Gasteiger partial charge in [0.2, 0.25) is 0 Å². The molecule has 0 bridgehead atoms. The lowest BCUT2D eigenvalue weighted by Gasteiger charge is -2.42. The monoisotopic (exact) mass is 698 g/mol. The lowest BCUT2D eigenvalue weighted by molar-refractivity contribution is 0.436. The van der Waals surface area contributed by atoms with Crippen molar-refractivity contribution in [1.82, 2.24) is 0 Å². The lowest BCUT2D eigenvalue weighted by atomic mass is 9.61. The van der Waals surface area contributed by atoms with Gasteiger partial charge >= 0.3 is 0 Å². The molecule has 0 radical (unpaired) electrons. The van der Waals surface area contributed by atoms with Crippen molar-refractivity contribution in [2.75, 3.05) is 0 Å². The average molecular weight is 699 g/mol. The highest BCUT2D eigenvalue weighted by atomic mass is 16.5. The molecule has 1 nitrogen and oxygen atoms in total. The standard InChI is InChI=1S/C54H34O/c1-3-18-37(19-4-1)53(38-20-5-2-6-21-38)47-28-11-12-31-50(47)55-52-39(24-15-30-49(52)53)36-32-33-46-43(34-36)41-23-8-10-27-45(41)54(46)44-26-9-7-22-40(44)42-25-13-16-35-17-14-29-48(54)51(35)42/h1-34H. The molecule has 9 aromatic carbocycles. The topological polar surface area (TPSA) is 9.23 Å². The summed E-state index contributed by atoms with van der Waals surface area (Å²) in [6.07, 6.45) is 0. The first kappa shape index (κ1) is 30.5. The summed E-state index contributed by atoms with van der Waals surface area (Å²) < 4.78 is 7.08. The van der Waals surface area contributed by atoms with Gasteiger partial charge < -0.3 is 4.74 Å². The van der Waals surface area contributed by atoms with Crippen molar-refractivity contribution in [2.45, 2.75) is 10.8 Å². The summed E-state index contributed by atoms with van der Waals surface area (Å²) in [6, 6.07) is 76.1. The van der Waals surface area contributed by atoms with Gasteiger partial charge in [0, 0.05) is 16.7 Å². The van der Waals surface area contributed by atoms with E-state index in [9.17, 15) is 0 Å². The van der Waals surface area contributed by atoms with Crippen molar-refractivity contribution in [3.8, 4) is 44.9 Å². The molecular formula is C54H34O. The molecular weight excluding hydrogens is 665 g/mol. The molecule has 1 aliphatic heterocycles. The fourth-order valence-electron chi connectivity index (χ4n) is 10.6. The summed E-state index contributed by atoms with van der Waals surface area (Å²) in [5.74, 6) is 1.78. The Hall–Kier alpha value is -6.96. The quantitative estimate of drug-likeness (QED) is 0.178. The molecule has 0 saturated heterocycles. The maximum absolute atomic E-state index is 7.08.